The Hall–Kier alpha value is -1.12. The minimum Gasteiger partial charge on any atom is -0.348 e. The summed E-state index contributed by atoms with van der Waals surface area (Å²) in [7, 11) is 0. The minimum atomic E-state index is 0.356. The van der Waals surface area contributed by atoms with E-state index in [-0.39, 0.29) is 0 Å². The molecule has 0 amide bonds. The molecule has 1 heterocycles. The topological polar surface area (TPSA) is 45.8 Å². The van der Waals surface area contributed by atoms with Gasteiger partial charge in [-0.15, -0.1) is 0 Å². The van der Waals surface area contributed by atoms with E-state index in [1.54, 1.807) is 12.5 Å². The fourth-order valence-electron chi connectivity index (χ4n) is 1.12. The number of rotatable bonds is 3. The Balaban J connectivity index is 1.94. The molecular weight excluding hydrogens is 140 g/mol. The zero-order chi connectivity index (χ0) is 7.68. The number of aromatic amines is 1. The van der Waals surface area contributed by atoms with Gasteiger partial charge in [0.1, 0.15) is 5.78 Å². The molecule has 0 spiro atoms. The number of Topliss-reactive ketones (excluding diaryl/α,β-unsaturated/α-hetero) is 1. The van der Waals surface area contributed by atoms with Gasteiger partial charge in [-0.3, -0.25) is 4.79 Å². The lowest BCUT2D eigenvalue weighted by Gasteiger charge is -1.92. The minimum absolute atomic E-state index is 0.356. The molecule has 1 fully saturated rings. The van der Waals surface area contributed by atoms with E-state index in [9.17, 15) is 4.79 Å². The second-order valence-corrected chi connectivity index (χ2v) is 2.99. The molecule has 0 aliphatic heterocycles. The maximum Gasteiger partial charge on any atom is 0.141 e. The number of aromatic nitrogens is 2. The Labute approximate surface area is 64.8 Å². The molecule has 1 aromatic heterocycles. The Bertz CT molecular complexity index is 249. The average molecular weight is 150 g/mol. The summed E-state index contributed by atoms with van der Waals surface area (Å²) in [6.07, 6.45) is 6.03. The molecule has 0 saturated heterocycles. The van der Waals surface area contributed by atoms with Gasteiger partial charge >= 0.3 is 0 Å². The van der Waals surface area contributed by atoms with E-state index in [0.29, 0.717) is 18.1 Å². The molecule has 58 valence electrons. The molecule has 1 aliphatic rings. The lowest BCUT2D eigenvalue weighted by Crippen LogP contribution is -2.04. The molecule has 0 radical (unpaired) electrons. The summed E-state index contributed by atoms with van der Waals surface area (Å²) >= 11 is 0. The van der Waals surface area contributed by atoms with E-state index in [1.807, 2.05) is 0 Å². The quantitative estimate of drug-likeness (QED) is 0.696. The lowest BCUT2D eigenvalue weighted by atomic mass is 10.1. The maximum absolute atomic E-state index is 11.2. The van der Waals surface area contributed by atoms with Crippen LogP contribution in [0.15, 0.2) is 12.5 Å². The number of hydrogen-bond acceptors (Lipinski definition) is 2. The molecule has 0 bridgehead atoms. The van der Waals surface area contributed by atoms with Crippen molar-refractivity contribution in [2.75, 3.05) is 0 Å². The number of carbonyl (C=O) groups is 1. The summed E-state index contributed by atoms with van der Waals surface area (Å²) < 4.78 is 0. The number of imidazole rings is 1. The van der Waals surface area contributed by atoms with Gasteiger partial charge in [-0.2, -0.15) is 0 Å². The van der Waals surface area contributed by atoms with Crippen molar-refractivity contribution in [2.24, 2.45) is 5.92 Å². The number of nitrogens with zero attached hydrogens (tertiary/aromatic N) is 1. The van der Waals surface area contributed by atoms with Crippen molar-refractivity contribution in [3.05, 3.63) is 18.2 Å². The molecule has 1 aromatic rings. The smallest absolute Gasteiger partial charge is 0.141 e. The molecular formula is C8H10N2O. The average Bonchev–Trinajstić information content (AvgIpc) is 2.73. The van der Waals surface area contributed by atoms with Crippen LogP contribution in [0.3, 0.4) is 0 Å². The second kappa shape index (κ2) is 2.49. The van der Waals surface area contributed by atoms with E-state index in [1.165, 1.54) is 0 Å². The van der Waals surface area contributed by atoms with Crippen LogP contribution < -0.4 is 0 Å². The first-order chi connectivity index (χ1) is 5.36. The third kappa shape index (κ3) is 1.48. The predicted molar refractivity (Wildman–Crippen MR) is 40.0 cm³/mol. The summed E-state index contributed by atoms with van der Waals surface area (Å²) in [6.45, 7) is 0. The number of H-pyrrole nitrogens is 1. The first-order valence-electron chi connectivity index (χ1n) is 3.86. The number of carbonyl (C=O) groups excluding carboxylic acids is 1. The molecule has 1 aliphatic carbocycles. The monoisotopic (exact) mass is 150 g/mol. The standard InChI is InChI=1S/C8H10N2O/c11-8(6-1-2-6)3-7-4-9-5-10-7/h4-6H,1-3H2,(H,9,10). The summed E-state index contributed by atoms with van der Waals surface area (Å²) in [5, 5.41) is 0. The van der Waals surface area contributed by atoms with E-state index in [4.69, 9.17) is 0 Å². The molecule has 0 aromatic carbocycles. The Morgan fingerprint density at radius 2 is 2.55 bits per heavy atom. The van der Waals surface area contributed by atoms with Crippen LogP contribution in [0.5, 0.6) is 0 Å². The van der Waals surface area contributed by atoms with E-state index >= 15 is 0 Å². The summed E-state index contributed by atoms with van der Waals surface area (Å²) in [5.41, 5.74) is 0.932. The van der Waals surface area contributed by atoms with Gasteiger partial charge in [0.2, 0.25) is 0 Å². The van der Waals surface area contributed by atoms with Crippen LogP contribution in [-0.4, -0.2) is 15.8 Å². The van der Waals surface area contributed by atoms with Crippen molar-refractivity contribution < 1.29 is 4.79 Å². The maximum atomic E-state index is 11.2. The zero-order valence-corrected chi connectivity index (χ0v) is 6.21. The third-order valence-corrected chi connectivity index (χ3v) is 1.95. The van der Waals surface area contributed by atoms with Crippen molar-refractivity contribution in [1.82, 2.24) is 9.97 Å². The molecule has 0 atom stereocenters. The summed E-state index contributed by atoms with van der Waals surface area (Å²) in [6, 6.07) is 0. The number of nitrogens with one attached hydrogen (secondary N) is 1. The fourth-order valence-corrected chi connectivity index (χ4v) is 1.12. The highest BCUT2D eigenvalue weighted by molar-refractivity contribution is 5.84. The Morgan fingerprint density at radius 3 is 3.09 bits per heavy atom. The normalized spacial score (nSPS) is 16.7. The zero-order valence-electron chi connectivity index (χ0n) is 6.21. The molecule has 2 rings (SSSR count). The van der Waals surface area contributed by atoms with Gasteiger partial charge in [-0.25, -0.2) is 4.98 Å². The molecule has 1 N–H and O–H groups in total. The van der Waals surface area contributed by atoms with Crippen LogP contribution in [0.1, 0.15) is 18.5 Å². The van der Waals surface area contributed by atoms with Gasteiger partial charge in [0.25, 0.3) is 0 Å². The third-order valence-electron chi connectivity index (χ3n) is 1.95. The van der Waals surface area contributed by atoms with Crippen LogP contribution >= 0.6 is 0 Å². The van der Waals surface area contributed by atoms with Gasteiger partial charge in [0.15, 0.2) is 0 Å². The Kier molecular flexibility index (Phi) is 1.49. The van der Waals surface area contributed by atoms with E-state index in [0.717, 1.165) is 18.5 Å². The first-order valence-corrected chi connectivity index (χ1v) is 3.86. The molecule has 3 heteroatoms. The highest BCUT2D eigenvalue weighted by atomic mass is 16.1. The van der Waals surface area contributed by atoms with Crippen LogP contribution in [0.4, 0.5) is 0 Å². The van der Waals surface area contributed by atoms with Crippen molar-refractivity contribution in [3.63, 3.8) is 0 Å². The van der Waals surface area contributed by atoms with Gasteiger partial charge < -0.3 is 4.98 Å². The molecule has 3 nitrogen and oxygen atoms in total. The van der Waals surface area contributed by atoms with Crippen molar-refractivity contribution in [3.8, 4) is 0 Å². The predicted octanol–water partition coefficient (Wildman–Crippen LogP) is 0.931. The van der Waals surface area contributed by atoms with Crippen molar-refractivity contribution >= 4 is 5.78 Å². The summed E-state index contributed by atoms with van der Waals surface area (Å²) in [5.74, 6) is 0.715. The molecule has 0 unspecified atom stereocenters. The van der Waals surface area contributed by atoms with Gasteiger partial charge in [-0.1, -0.05) is 0 Å². The largest absolute Gasteiger partial charge is 0.348 e. The SMILES string of the molecule is O=C(Cc1cnc[nH]1)C1CC1. The van der Waals surface area contributed by atoms with Gasteiger partial charge in [0, 0.05) is 24.2 Å². The van der Waals surface area contributed by atoms with Crippen LogP contribution in [0.25, 0.3) is 0 Å². The first kappa shape index (κ1) is 6.58. The van der Waals surface area contributed by atoms with Crippen molar-refractivity contribution in [1.29, 1.82) is 0 Å². The summed E-state index contributed by atoms with van der Waals surface area (Å²) in [4.78, 5) is 18.0. The van der Waals surface area contributed by atoms with E-state index in [2.05, 4.69) is 9.97 Å². The van der Waals surface area contributed by atoms with Gasteiger partial charge in [-0.05, 0) is 12.8 Å². The van der Waals surface area contributed by atoms with Crippen LogP contribution in [-0.2, 0) is 11.2 Å². The van der Waals surface area contributed by atoms with Crippen molar-refractivity contribution in [2.45, 2.75) is 19.3 Å². The fraction of sp³-hybridized carbons (Fsp3) is 0.500. The van der Waals surface area contributed by atoms with Crippen LogP contribution in [0.2, 0.25) is 0 Å². The lowest BCUT2D eigenvalue weighted by molar-refractivity contribution is -0.119. The number of hydrogen-bond donors (Lipinski definition) is 1. The molecule has 1 saturated carbocycles. The van der Waals surface area contributed by atoms with Crippen LogP contribution in [0, 0.1) is 5.92 Å². The molecule has 11 heavy (non-hydrogen) atoms. The highest BCUT2D eigenvalue weighted by Gasteiger charge is 2.29. The second-order valence-electron chi connectivity index (χ2n) is 2.99. The highest BCUT2D eigenvalue weighted by Crippen LogP contribution is 2.30. The van der Waals surface area contributed by atoms with E-state index < -0.39 is 0 Å². The Morgan fingerprint density at radius 1 is 1.73 bits per heavy atom. The van der Waals surface area contributed by atoms with Gasteiger partial charge in [0.05, 0.1) is 6.33 Å². The number of ketones is 1.